The van der Waals surface area contributed by atoms with Crippen molar-refractivity contribution in [1.82, 2.24) is 29.3 Å². The van der Waals surface area contributed by atoms with Crippen molar-refractivity contribution in [3.8, 4) is 5.75 Å². The van der Waals surface area contributed by atoms with Crippen LogP contribution in [-0.2, 0) is 33.7 Å². The van der Waals surface area contributed by atoms with Gasteiger partial charge in [0.25, 0.3) is 0 Å². The molecule has 0 saturated carbocycles. The van der Waals surface area contributed by atoms with Gasteiger partial charge >= 0.3 is 0 Å². The maximum absolute atomic E-state index is 10.1. The Morgan fingerprint density at radius 2 is 1.69 bits per heavy atom. The Balaban J connectivity index is 1.59. The van der Waals surface area contributed by atoms with Crippen LogP contribution < -0.4 is 5.32 Å². The molecule has 3 rings (SSSR count). The quantitative estimate of drug-likeness (QED) is 0.572. The van der Waals surface area contributed by atoms with E-state index in [1.54, 1.807) is 6.07 Å². The third-order valence-corrected chi connectivity index (χ3v) is 4.48. The summed E-state index contributed by atoms with van der Waals surface area (Å²) >= 11 is 0. The first-order valence-corrected chi connectivity index (χ1v) is 8.76. The lowest BCUT2D eigenvalue weighted by Gasteiger charge is -2.23. The second kappa shape index (κ2) is 8.64. The lowest BCUT2D eigenvalue weighted by atomic mass is 10.2. The molecule has 3 aromatic rings. The minimum Gasteiger partial charge on any atom is -0.508 e. The van der Waals surface area contributed by atoms with Gasteiger partial charge in [-0.25, -0.2) is 9.97 Å². The fraction of sp³-hybridized carbons (Fsp3) is 0.368. The average molecular weight is 354 g/mol. The number of hydrogen-bond donors (Lipinski definition) is 2. The minimum atomic E-state index is 0.332. The maximum Gasteiger partial charge on any atom is 0.122 e. The topological polar surface area (TPSA) is 71.1 Å². The van der Waals surface area contributed by atoms with Crippen LogP contribution in [0, 0.1) is 0 Å². The van der Waals surface area contributed by atoms with Gasteiger partial charge in [-0.05, 0) is 6.07 Å². The summed E-state index contributed by atoms with van der Waals surface area (Å²) in [5, 5.41) is 13.5. The van der Waals surface area contributed by atoms with Crippen molar-refractivity contribution in [2.45, 2.75) is 19.6 Å². The number of nitrogens with zero attached hydrogens (tertiary/aromatic N) is 5. The van der Waals surface area contributed by atoms with Crippen LogP contribution in [0.1, 0.15) is 17.2 Å². The van der Waals surface area contributed by atoms with E-state index in [9.17, 15) is 5.11 Å². The monoisotopic (exact) mass is 354 g/mol. The number of aromatic hydroxyl groups is 1. The van der Waals surface area contributed by atoms with Crippen molar-refractivity contribution in [3.05, 3.63) is 66.3 Å². The molecule has 0 radical (unpaired) electrons. The normalized spacial score (nSPS) is 11.3. The van der Waals surface area contributed by atoms with Crippen LogP contribution in [-0.4, -0.2) is 42.2 Å². The molecule has 2 aromatic heterocycles. The van der Waals surface area contributed by atoms with Crippen LogP contribution in [0.4, 0.5) is 0 Å². The fourth-order valence-corrected chi connectivity index (χ4v) is 2.85. The number of rotatable bonds is 9. The second-order valence-electron chi connectivity index (χ2n) is 6.42. The highest BCUT2D eigenvalue weighted by Crippen LogP contribution is 2.18. The molecular formula is C19H26N6O. The molecule has 26 heavy (non-hydrogen) atoms. The van der Waals surface area contributed by atoms with Gasteiger partial charge in [0, 0.05) is 64.1 Å². The number of para-hydroxylation sites is 1. The first kappa shape index (κ1) is 18.2. The number of hydrogen-bond acceptors (Lipinski definition) is 5. The molecule has 2 N–H and O–H groups in total. The van der Waals surface area contributed by atoms with Crippen LogP contribution in [0.15, 0.2) is 49.1 Å². The Labute approximate surface area is 153 Å². The number of imidazole rings is 2. The van der Waals surface area contributed by atoms with Gasteiger partial charge in [0.05, 0.1) is 13.1 Å². The molecule has 7 heteroatoms. The van der Waals surface area contributed by atoms with Crippen molar-refractivity contribution in [1.29, 1.82) is 0 Å². The molecule has 1 aromatic carbocycles. The molecule has 0 aliphatic carbocycles. The Bertz CT molecular complexity index is 825. The molecule has 7 nitrogen and oxygen atoms in total. The number of nitrogens with one attached hydrogen (secondary N) is 1. The van der Waals surface area contributed by atoms with Gasteiger partial charge < -0.3 is 19.6 Å². The van der Waals surface area contributed by atoms with Gasteiger partial charge in [0.15, 0.2) is 0 Å². The highest BCUT2D eigenvalue weighted by molar-refractivity contribution is 5.31. The van der Waals surface area contributed by atoms with Gasteiger partial charge in [-0.15, -0.1) is 0 Å². The van der Waals surface area contributed by atoms with E-state index < -0.39 is 0 Å². The molecule has 0 saturated heterocycles. The Morgan fingerprint density at radius 3 is 2.35 bits per heavy atom. The SMILES string of the molecule is Cn1ccnc1CNCCN(Cc1ccccc1O)Cc1nccn1C. The zero-order valence-corrected chi connectivity index (χ0v) is 15.3. The van der Waals surface area contributed by atoms with E-state index in [-0.39, 0.29) is 0 Å². The predicted molar refractivity (Wildman–Crippen MR) is 100 cm³/mol. The molecule has 138 valence electrons. The standard InChI is InChI=1S/C19H26N6O/c1-23-10-8-21-18(23)13-20-7-12-25(15-19-22-9-11-24(19)2)14-16-5-3-4-6-17(16)26/h3-6,8-11,20,26H,7,12-15H2,1-2H3. The van der Waals surface area contributed by atoms with Crippen molar-refractivity contribution >= 4 is 0 Å². The van der Waals surface area contributed by atoms with E-state index in [1.807, 2.05) is 66.2 Å². The summed E-state index contributed by atoms with van der Waals surface area (Å²) in [6, 6.07) is 7.49. The fourth-order valence-electron chi connectivity index (χ4n) is 2.85. The summed E-state index contributed by atoms with van der Waals surface area (Å²) in [5.41, 5.74) is 0.922. The molecule has 0 unspecified atom stereocenters. The van der Waals surface area contributed by atoms with Crippen molar-refractivity contribution in [2.75, 3.05) is 13.1 Å². The molecule has 0 bridgehead atoms. The summed E-state index contributed by atoms with van der Waals surface area (Å²) in [5.74, 6) is 2.35. The third kappa shape index (κ3) is 4.71. The first-order valence-electron chi connectivity index (χ1n) is 8.76. The van der Waals surface area contributed by atoms with Gasteiger partial charge in [-0.3, -0.25) is 4.90 Å². The van der Waals surface area contributed by atoms with Gasteiger partial charge in [-0.2, -0.15) is 0 Å². The van der Waals surface area contributed by atoms with Crippen LogP contribution in [0.25, 0.3) is 0 Å². The largest absolute Gasteiger partial charge is 0.508 e. The van der Waals surface area contributed by atoms with Gasteiger partial charge in [0.2, 0.25) is 0 Å². The maximum atomic E-state index is 10.1. The Kier molecular flexibility index (Phi) is 6.04. The van der Waals surface area contributed by atoms with E-state index in [1.165, 1.54) is 0 Å². The minimum absolute atomic E-state index is 0.332. The summed E-state index contributed by atoms with van der Waals surface area (Å²) < 4.78 is 4.04. The number of aromatic nitrogens is 4. The third-order valence-electron chi connectivity index (χ3n) is 4.48. The Morgan fingerprint density at radius 1 is 1.00 bits per heavy atom. The molecular weight excluding hydrogens is 328 g/mol. The van der Waals surface area contributed by atoms with Crippen LogP contribution in [0.2, 0.25) is 0 Å². The lowest BCUT2D eigenvalue weighted by molar-refractivity contribution is 0.244. The molecule has 0 aliphatic rings. The highest BCUT2D eigenvalue weighted by Gasteiger charge is 2.12. The zero-order chi connectivity index (χ0) is 18.4. The van der Waals surface area contributed by atoms with E-state index in [2.05, 4.69) is 20.2 Å². The zero-order valence-electron chi connectivity index (χ0n) is 15.3. The molecule has 0 spiro atoms. The molecule has 0 aliphatic heterocycles. The number of phenols is 1. The van der Waals surface area contributed by atoms with E-state index in [0.29, 0.717) is 12.3 Å². The van der Waals surface area contributed by atoms with Crippen molar-refractivity contribution < 1.29 is 5.11 Å². The predicted octanol–water partition coefficient (Wildman–Crippen LogP) is 1.65. The number of phenolic OH excluding ortho intramolecular Hbond substituents is 1. The summed E-state index contributed by atoms with van der Waals surface area (Å²) in [7, 11) is 4.00. The van der Waals surface area contributed by atoms with E-state index >= 15 is 0 Å². The molecule has 0 amide bonds. The summed E-state index contributed by atoms with van der Waals surface area (Å²) in [6.45, 7) is 3.79. The van der Waals surface area contributed by atoms with Crippen LogP contribution in [0.3, 0.4) is 0 Å². The lowest BCUT2D eigenvalue weighted by Crippen LogP contribution is -2.32. The molecule has 0 fully saturated rings. The van der Waals surface area contributed by atoms with Crippen molar-refractivity contribution in [2.24, 2.45) is 14.1 Å². The summed E-state index contributed by atoms with van der Waals surface area (Å²) in [4.78, 5) is 11.0. The van der Waals surface area contributed by atoms with Crippen LogP contribution in [0.5, 0.6) is 5.75 Å². The number of aryl methyl sites for hydroxylation is 2. The van der Waals surface area contributed by atoms with E-state index in [0.717, 1.165) is 43.4 Å². The smallest absolute Gasteiger partial charge is 0.122 e. The molecule has 0 atom stereocenters. The van der Waals surface area contributed by atoms with Crippen molar-refractivity contribution in [3.63, 3.8) is 0 Å². The van der Waals surface area contributed by atoms with E-state index in [4.69, 9.17) is 0 Å². The Hall–Kier alpha value is -2.64. The van der Waals surface area contributed by atoms with Crippen LogP contribution >= 0.6 is 0 Å². The highest BCUT2D eigenvalue weighted by atomic mass is 16.3. The second-order valence-corrected chi connectivity index (χ2v) is 6.42. The van der Waals surface area contributed by atoms with Gasteiger partial charge in [0.1, 0.15) is 17.4 Å². The van der Waals surface area contributed by atoms with Gasteiger partial charge in [-0.1, -0.05) is 18.2 Å². The first-order chi connectivity index (χ1) is 12.6. The summed E-state index contributed by atoms with van der Waals surface area (Å²) in [6.07, 6.45) is 7.52. The average Bonchev–Trinajstić information content (AvgIpc) is 3.22. The molecule has 2 heterocycles. The number of benzene rings is 1.